The van der Waals surface area contributed by atoms with Gasteiger partial charge in [-0.25, -0.2) is 0 Å². The van der Waals surface area contributed by atoms with Gasteiger partial charge < -0.3 is 4.74 Å². The van der Waals surface area contributed by atoms with Crippen LogP contribution in [-0.4, -0.2) is 6.15 Å². The van der Waals surface area contributed by atoms with Crippen molar-refractivity contribution >= 4 is 56.5 Å². The molecule has 0 radical (unpaired) electrons. The maximum atomic E-state index is 6.51. The predicted molar refractivity (Wildman–Crippen MR) is 248 cm³/mol. The summed E-state index contributed by atoms with van der Waals surface area (Å²) in [4.78, 5) is 0. The van der Waals surface area contributed by atoms with Gasteiger partial charge in [0.05, 0.1) is 0 Å². The quantitative estimate of drug-likeness (QED) is 0.100. The highest BCUT2D eigenvalue weighted by Crippen LogP contribution is 2.56. The average molecular weight is 751 g/mol. The molecule has 0 fully saturated rings. The van der Waals surface area contributed by atoms with Crippen molar-refractivity contribution in [1.82, 2.24) is 0 Å². The van der Waals surface area contributed by atoms with E-state index >= 15 is 0 Å². The molecule has 9 rings (SSSR count). The minimum Gasteiger partial charge on any atom is -0.453 e. The molecule has 0 aliphatic heterocycles. The molecule has 0 saturated heterocycles. The Morgan fingerprint density at radius 2 is 0.526 bits per heavy atom. The number of para-hydroxylation sites is 2. The van der Waals surface area contributed by atoms with Gasteiger partial charge in [0.25, 0.3) is 0 Å². The Balaban J connectivity index is 0.000000165. The molecular formula is C54H44BOP. The van der Waals surface area contributed by atoms with E-state index in [1.165, 1.54) is 43.1 Å². The highest BCUT2D eigenvalue weighted by Gasteiger charge is 2.49. The summed E-state index contributed by atoms with van der Waals surface area (Å²) in [6.07, 6.45) is -1.22. The zero-order valence-corrected chi connectivity index (χ0v) is 32.7. The predicted octanol–water partition coefficient (Wildman–Crippen LogP) is 9.16. The molecular weight excluding hydrogens is 706 g/mol. The van der Waals surface area contributed by atoms with E-state index in [4.69, 9.17) is 4.74 Å². The van der Waals surface area contributed by atoms with E-state index in [-0.39, 0.29) is 0 Å². The van der Waals surface area contributed by atoms with Gasteiger partial charge in [-0.1, -0.05) is 206 Å². The van der Waals surface area contributed by atoms with Crippen molar-refractivity contribution in [3.63, 3.8) is 0 Å². The normalized spacial score (nSPS) is 11.2. The van der Waals surface area contributed by atoms with Gasteiger partial charge in [0.2, 0.25) is 0 Å². The summed E-state index contributed by atoms with van der Waals surface area (Å²) in [5, 5.41) is 5.14. The Morgan fingerprint density at radius 3 is 0.860 bits per heavy atom. The molecule has 0 aromatic heterocycles. The van der Waals surface area contributed by atoms with Crippen LogP contribution >= 0.6 is 7.26 Å². The van der Waals surface area contributed by atoms with Crippen molar-refractivity contribution in [2.45, 2.75) is 0 Å². The standard InChI is InChI=1S/C30H24OP.C24H20B/c1-5-15-25(16-6-1)31-29-23-13-14-24-30(29)32(26-17-7-2-8-18-26,27-19-9-3-10-20-27)28-21-11-4-12-22-28;1-5-13-21(14-6-1)25(22-15-7-2-8-16-22,23-17-9-3-10-18-23)24-19-11-4-12-20-24/h1-24H;1-20H/q+1;-1. The third-order valence-corrected chi connectivity index (χ3v) is 15.1. The molecule has 0 aliphatic carbocycles. The fourth-order valence-corrected chi connectivity index (χ4v) is 12.7. The lowest BCUT2D eigenvalue weighted by atomic mass is 9.13. The SMILES string of the molecule is c1ccc(Oc2ccccc2[P+](c2ccccc2)(c2ccccc2)c2ccccc2)cc1.c1ccc([B-](c2ccccc2)(c2ccccc2)c2ccccc2)cc1. The van der Waals surface area contributed by atoms with Crippen molar-refractivity contribution in [3.8, 4) is 11.5 Å². The van der Waals surface area contributed by atoms with Crippen LogP contribution in [0.25, 0.3) is 0 Å². The molecule has 57 heavy (non-hydrogen) atoms. The lowest BCUT2D eigenvalue weighted by Crippen LogP contribution is -2.74. The largest absolute Gasteiger partial charge is 0.453 e. The zero-order valence-electron chi connectivity index (χ0n) is 31.8. The van der Waals surface area contributed by atoms with Gasteiger partial charge in [-0.05, 0) is 60.7 Å². The summed E-state index contributed by atoms with van der Waals surface area (Å²) < 4.78 is 6.51. The first-order chi connectivity index (χ1) is 28.3. The Hall–Kier alpha value is -6.73. The molecule has 0 aliphatic rings. The van der Waals surface area contributed by atoms with Gasteiger partial charge in [0.1, 0.15) is 35.1 Å². The molecule has 1 nitrogen and oxygen atoms in total. The van der Waals surface area contributed by atoms with E-state index in [1.54, 1.807) is 0 Å². The molecule has 9 aromatic rings. The van der Waals surface area contributed by atoms with Crippen LogP contribution in [0.1, 0.15) is 0 Å². The summed E-state index contributed by atoms with van der Waals surface area (Å²) in [5.74, 6) is 1.73. The lowest BCUT2D eigenvalue weighted by Gasteiger charge is -2.44. The van der Waals surface area contributed by atoms with Crippen molar-refractivity contribution < 1.29 is 4.74 Å². The number of hydrogen-bond acceptors (Lipinski definition) is 1. The molecule has 0 N–H and O–H groups in total. The molecule has 0 saturated carbocycles. The minimum absolute atomic E-state index is 0.840. The van der Waals surface area contributed by atoms with E-state index in [0.717, 1.165) is 11.5 Å². The van der Waals surface area contributed by atoms with Crippen LogP contribution in [0.5, 0.6) is 11.5 Å². The van der Waals surface area contributed by atoms with E-state index < -0.39 is 13.4 Å². The first kappa shape index (κ1) is 37.2. The second-order valence-corrected chi connectivity index (χ2v) is 17.4. The lowest BCUT2D eigenvalue weighted by molar-refractivity contribution is 0.486. The average Bonchev–Trinajstić information content (AvgIpc) is 3.31. The van der Waals surface area contributed by atoms with Crippen LogP contribution in [0.2, 0.25) is 0 Å². The van der Waals surface area contributed by atoms with Gasteiger partial charge in [-0.3, -0.25) is 0 Å². The first-order valence-corrected chi connectivity index (χ1v) is 21.4. The van der Waals surface area contributed by atoms with E-state index in [9.17, 15) is 0 Å². The van der Waals surface area contributed by atoms with Gasteiger partial charge in [0.15, 0.2) is 11.1 Å². The van der Waals surface area contributed by atoms with E-state index in [0.29, 0.717) is 0 Å². The summed E-state index contributed by atoms with van der Waals surface area (Å²) in [5.41, 5.74) is 5.36. The molecule has 0 unspecified atom stereocenters. The van der Waals surface area contributed by atoms with Gasteiger partial charge in [-0.15, -0.1) is 0 Å². The smallest absolute Gasteiger partial charge is 0.170 e. The second-order valence-electron chi connectivity index (χ2n) is 14.1. The molecule has 3 heteroatoms. The minimum atomic E-state index is -2.21. The summed E-state index contributed by atoms with van der Waals surface area (Å²) in [6.45, 7) is 0. The highest BCUT2D eigenvalue weighted by molar-refractivity contribution is 8.01. The maximum Gasteiger partial charge on any atom is 0.170 e. The topological polar surface area (TPSA) is 9.23 Å². The van der Waals surface area contributed by atoms with Crippen molar-refractivity contribution in [2.75, 3.05) is 0 Å². The van der Waals surface area contributed by atoms with Crippen LogP contribution < -0.4 is 47.8 Å². The van der Waals surface area contributed by atoms with Gasteiger partial charge in [-0.2, -0.15) is 21.9 Å². The summed E-state index contributed by atoms with van der Waals surface area (Å²) >= 11 is 0. The van der Waals surface area contributed by atoms with Crippen molar-refractivity contribution in [2.24, 2.45) is 0 Å². The monoisotopic (exact) mass is 750 g/mol. The summed E-state index contributed by atoms with van der Waals surface area (Å²) in [6, 6.07) is 94.7. The second kappa shape index (κ2) is 17.8. The fraction of sp³-hybridized carbons (Fsp3) is 0. The highest BCUT2D eigenvalue weighted by atomic mass is 31.2. The van der Waals surface area contributed by atoms with Crippen molar-refractivity contribution in [1.29, 1.82) is 0 Å². The number of ether oxygens (including phenoxy) is 1. The molecule has 9 aromatic carbocycles. The molecule has 0 spiro atoms. The Kier molecular flexibility index (Phi) is 11.6. The third kappa shape index (κ3) is 7.61. The molecule has 274 valence electrons. The molecule has 0 amide bonds. The summed E-state index contributed by atoms with van der Waals surface area (Å²) in [7, 11) is -2.21. The number of rotatable bonds is 10. The Bertz CT molecular complexity index is 2290. The van der Waals surface area contributed by atoms with Gasteiger partial charge >= 0.3 is 0 Å². The fourth-order valence-electron chi connectivity index (χ4n) is 8.38. The van der Waals surface area contributed by atoms with Crippen molar-refractivity contribution in [3.05, 3.63) is 267 Å². The van der Waals surface area contributed by atoms with Crippen LogP contribution in [0.15, 0.2) is 267 Å². The molecule has 0 atom stereocenters. The van der Waals surface area contributed by atoms with Crippen LogP contribution in [0.3, 0.4) is 0 Å². The maximum absolute atomic E-state index is 6.51. The Labute approximate surface area is 338 Å². The molecule has 0 bridgehead atoms. The number of benzene rings is 9. The van der Waals surface area contributed by atoms with E-state index in [1.807, 2.05) is 30.3 Å². The first-order valence-electron chi connectivity index (χ1n) is 19.6. The zero-order chi connectivity index (χ0) is 38.6. The third-order valence-electron chi connectivity index (χ3n) is 10.8. The molecule has 0 heterocycles. The van der Waals surface area contributed by atoms with E-state index in [2.05, 4.69) is 237 Å². The van der Waals surface area contributed by atoms with Crippen LogP contribution in [0, 0.1) is 0 Å². The van der Waals surface area contributed by atoms with Crippen LogP contribution in [0.4, 0.5) is 0 Å². The number of hydrogen-bond donors (Lipinski definition) is 0. The van der Waals surface area contributed by atoms with Gasteiger partial charge in [0, 0.05) is 0 Å². The van der Waals surface area contributed by atoms with Crippen LogP contribution in [-0.2, 0) is 0 Å². The Morgan fingerprint density at radius 1 is 0.263 bits per heavy atom.